The Morgan fingerprint density at radius 1 is 1.47 bits per heavy atom. The molecule has 0 saturated carbocycles. The maximum Gasteiger partial charge on any atom is 0.142 e. The molecule has 0 saturated heterocycles. The summed E-state index contributed by atoms with van der Waals surface area (Å²) in [5.41, 5.74) is 7.81. The molecule has 2 rings (SSSR count). The molecule has 0 fully saturated rings. The fourth-order valence-corrected chi connectivity index (χ4v) is 2.03. The molecule has 1 aromatic carbocycles. The van der Waals surface area contributed by atoms with E-state index in [-0.39, 0.29) is 0 Å². The lowest BCUT2D eigenvalue weighted by Crippen LogP contribution is -2.04. The first kappa shape index (κ1) is 13.4. The van der Waals surface area contributed by atoms with Crippen molar-refractivity contribution in [2.45, 2.75) is 26.0 Å². The molecule has 0 amide bonds. The summed E-state index contributed by atoms with van der Waals surface area (Å²) in [6.07, 6.45) is 3.71. The minimum atomic E-state index is -0.791. The van der Waals surface area contributed by atoms with Crippen molar-refractivity contribution in [2.75, 3.05) is 12.8 Å². The van der Waals surface area contributed by atoms with Gasteiger partial charge in [-0.3, -0.25) is 4.68 Å². The molecule has 0 bridgehead atoms. The number of aryl methyl sites for hydroxylation is 1. The number of hydrogen-bond acceptors (Lipinski definition) is 4. The number of rotatable bonds is 5. The van der Waals surface area contributed by atoms with Gasteiger partial charge in [0, 0.05) is 23.9 Å². The van der Waals surface area contributed by atoms with Crippen molar-refractivity contribution in [2.24, 2.45) is 0 Å². The quantitative estimate of drug-likeness (QED) is 0.807. The number of methoxy groups -OCH3 is 1. The molecule has 0 aliphatic heterocycles. The highest BCUT2D eigenvalue weighted by atomic mass is 16.5. The van der Waals surface area contributed by atoms with Crippen molar-refractivity contribution in [3.05, 3.63) is 41.7 Å². The average molecular weight is 261 g/mol. The van der Waals surface area contributed by atoms with E-state index in [2.05, 4.69) is 12.0 Å². The maximum atomic E-state index is 10.4. The molecule has 1 heterocycles. The largest absolute Gasteiger partial charge is 0.495 e. The van der Waals surface area contributed by atoms with Gasteiger partial charge in [0.2, 0.25) is 0 Å². The minimum absolute atomic E-state index is 0.459. The summed E-state index contributed by atoms with van der Waals surface area (Å²) in [5.74, 6) is 0.567. The second kappa shape index (κ2) is 5.75. The van der Waals surface area contributed by atoms with Gasteiger partial charge in [0.25, 0.3) is 0 Å². The molecule has 0 aliphatic carbocycles. The molecule has 19 heavy (non-hydrogen) atoms. The van der Waals surface area contributed by atoms with E-state index in [9.17, 15) is 5.11 Å². The van der Waals surface area contributed by atoms with E-state index in [1.54, 1.807) is 25.4 Å². The van der Waals surface area contributed by atoms with Crippen LogP contribution in [0.1, 0.15) is 30.6 Å². The molecule has 0 spiro atoms. The molecule has 1 aromatic heterocycles. The SMILES string of the molecule is CCCn1cc(C(O)c2cccc(OC)c2N)cn1. The van der Waals surface area contributed by atoms with Gasteiger partial charge in [-0.05, 0) is 12.5 Å². The van der Waals surface area contributed by atoms with Gasteiger partial charge in [0.05, 0.1) is 19.0 Å². The van der Waals surface area contributed by atoms with Crippen LogP contribution in [0, 0.1) is 0 Å². The summed E-state index contributed by atoms with van der Waals surface area (Å²) in [4.78, 5) is 0. The molecule has 1 atom stereocenters. The number of anilines is 1. The number of benzene rings is 1. The summed E-state index contributed by atoms with van der Waals surface area (Å²) < 4.78 is 6.97. The van der Waals surface area contributed by atoms with Crippen LogP contribution in [0.4, 0.5) is 5.69 Å². The third-order valence-electron chi connectivity index (χ3n) is 3.04. The summed E-state index contributed by atoms with van der Waals surface area (Å²) in [6.45, 7) is 2.91. The van der Waals surface area contributed by atoms with E-state index < -0.39 is 6.10 Å². The van der Waals surface area contributed by atoms with Gasteiger partial charge in [-0.25, -0.2) is 0 Å². The first-order chi connectivity index (χ1) is 9.17. The Kier molecular flexibility index (Phi) is 4.06. The molecule has 5 nitrogen and oxygen atoms in total. The van der Waals surface area contributed by atoms with E-state index in [1.165, 1.54) is 0 Å². The summed E-state index contributed by atoms with van der Waals surface area (Å²) in [7, 11) is 1.56. The Bertz CT molecular complexity index is 551. The van der Waals surface area contributed by atoms with Crippen LogP contribution in [0.15, 0.2) is 30.6 Å². The zero-order chi connectivity index (χ0) is 13.8. The van der Waals surface area contributed by atoms with Gasteiger partial charge < -0.3 is 15.6 Å². The standard InChI is InChI=1S/C14H19N3O2/c1-3-7-17-9-10(8-16-17)14(18)11-5-4-6-12(19-2)13(11)15/h4-6,8-9,14,18H,3,7,15H2,1-2H3. The zero-order valence-electron chi connectivity index (χ0n) is 11.2. The predicted molar refractivity (Wildman–Crippen MR) is 74.0 cm³/mol. The first-order valence-corrected chi connectivity index (χ1v) is 6.30. The third kappa shape index (κ3) is 2.71. The smallest absolute Gasteiger partial charge is 0.142 e. The lowest BCUT2D eigenvalue weighted by atomic mass is 10.0. The van der Waals surface area contributed by atoms with Crippen molar-refractivity contribution >= 4 is 5.69 Å². The summed E-state index contributed by atoms with van der Waals surface area (Å²) in [6, 6.07) is 5.37. The highest BCUT2D eigenvalue weighted by Gasteiger charge is 2.17. The van der Waals surface area contributed by atoms with Gasteiger partial charge in [-0.1, -0.05) is 19.1 Å². The molecule has 3 N–H and O–H groups in total. The highest BCUT2D eigenvalue weighted by Crippen LogP contribution is 2.32. The average Bonchev–Trinajstić information content (AvgIpc) is 2.87. The number of nitrogen functional groups attached to an aromatic ring is 1. The summed E-state index contributed by atoms with van der Waals surface area (Å²) in [5, 5.41) is 14.6. The van der Waals surface area contributed by atoms with Crippen LogP contribution in [0.3, 0.4) is 0 Å². The van der Waals surface area contributed by atoms with Crippen LogP contribution in [-0.4, -0.2) is 22.0 Å². The molecule has 2 aromatic rings. The number of aromatic nitrogens is 2. The van der Waals surface area contributed by atoms with Gasteiger partial charge in [-0.15, -0.1) is 0 Å². The summed E-state index contributed by atoms with van der Waals surface area (Å²) >= 11 is 0. The van der Waals surface area contributed by atoms with Crippen molar-refractivity contribution in [1.82, 2.24) is 9.78 Å². The van der Waals surface area contributed by atoms with E-state index >= 15 is 0 Å². The van der Waals surface area contributed by atoms with Crippen LogP contribution in [-0.2, 0) is 6.54 Å². The normalized spacial score (nSPS) is 12.4. The molecule has 0 aliphatic rings. The molecule has 1 unspecified atom stereocenters. The van der Waals surface area contributed by atoms with E-state index in [0.717, 1.165) is 18.5 Å². The number of para-hydroxylation sites is 1. The van der Waals surface area contributed by atoms with Gasteiger partial charge in [-0.2, -0.15) is 5.10 Å². The van der Waals surface area contributed by atoms with Gasteiger partial charge in [0.15, 0.2) is 0 Å². The fraction of sp³-hybridized carbons (Fsp3) is 0.357. The van der Waals surface area contributed by atoms with Crippen LogP contribution in [0.2, 0.25) is 0 Å². The number of nitrogens with two attached hydrogens (primary N) is 1. The van der Waals surface area contributed by atoms with E-state index in [0.29, 0.717) is 17.0 Å². The Balaban J connectivity index is 2.30. The number of aliphatic hydroxyl groups excluding tert-OH is 1. The van der Waals surface area contributed by atoms with E-state index in [4.69, 9.17) is 10.5 Å². The number of hydrogen-bond donors (Lipinski definition) is 2. The predicted octanol–water partition coefficient (Wildman–Crippen LogP) is 1.97. The van der Waals surface area contributed by atoms with Crippen LogP contribution in [0.5, 0.6) is 5.75 Å². The molecular weight excluding hydrogens is 242 g/mol. The lowest BCUT2D eigenvalue weighted by Gasteiger charge is -2.14. The monoisotopic (exact) mass is 261 g/mol. The third-order valence-corrected chi connectivity index (χ3v) is 3.04. The number of ether oxygens (including phenoxy) is 1. The zero-order valence-corrected chi connectivity index (χ0v) is 11.2. The van der Waals surface area contributed by atoms with Crippen molar-refractivity contribution < 1.29 is 9.84 Å². The molecule has 0 radical (unpaired) electrons. The number of nitrogens with zero attached hydrogens (tertiary/aromatic N) is 2. The second-order valence-corrected chi connectivity index (χ2v) is 4.40. The minimum Gasteiger partial charge on any atom is -0.495 e. The van der Waals surface area contributed by atoms with Gasteiger partial charge >= 0.3 is 0 Å². The molecule has 102 valence electrons. The maximum absolute atomic E-state index is 10.4. The molecule has 5 heteroatoms. The first-order valence-electron chi connectivity index (χ1n) is 6.30. The lowest BCUT2D eigenvalue weighted by molar-refractivity contribution is 0.220. The Hall–Kier alpha value is -2.01. The highest BCUT2D eigenvalue weighted by molar-refractivity contribution is 5.60. The van der Waals surface area contributed by atoms with Gasteiger partial charge in [0.1, 0.15) is 11.9 Å². The van der Waals surface area contributed by atoms with Crippen LogP contribution in [0.25, 0.3) is 0 Å². The van der Waals surface area contributed by atoms with Crippen LogP contribution < -0.4 is 10.5 Å². The molecular formula is C14H19N3O2. The number of aliphatic hydroxyl groups is 1. The van der Waals surface area contributed by atoms with Crippen molar-refractivity contribution in [3.63, 3.8) is 0 Å². The Morgan fingerprint density at radius 3 is 2.95 bits per heavy atom. The van der Waals surface area contributed by atoms with Crippen molar-refractivity contribution in [1.29, 1.82) is 0 Å². The fourth-order valence-electron chi connectivity index (χ4n) is 2.03. The van der Waals surface area contributed by atoms with E-state index in [1.807, 2.05) is 16.9 Å². The second-order valence-electron chi connectivity index (χ2n) is 4.40. The topological polar surface area (TPSA) is 73.3 Å². The Morgan fingerprint density at radius 2 is 2.26 bits per heavy atom. The van der Waals surface area contributed by atoms with Crippen molar-refractivity contribution in [3.8, 4) is 5.75 Å². The Labute approximate surface area is 112 Å². The van der Waals surface area contributed by atoms with Crippen LogP contribution >= 0.6 is 0 Å².